The highest BCUT2D eigenvalue weighted by atomic mass is 16.5. The van der Waals surface area contributed by atoms with E-state index >= 15 is 0 Å². The van der Waals surface area contributed by atoms with Crippen molar-refractivity contribution in [1.82, 2.24) is 4.90 Å². The van der Waals surface area contributed by atoms with E-state index in [9.17, 15) is 19.5 Å². The fraction of sp³-hybridized carbons (Fsp3) is 0.306. The minimum Gasteiger partial charge on any atom is -0.507 e. The number of amides is 3. The van der Waals surface area contributed by atoms with E-state index in [0.29, 0.717) is 42.3 Å². The summed E-state index contributed by atoms with van der Waals surface area (Å²) in [6, 6.07) is 19.9. The fourth-order valence-electron chi connectivity index (χ4n) is 7.00. The van der Waals surface area contributed by atoms with E-state index in [2.05, 4.69) is 12.2 Å². The molecule has 4 aromatic carbocycles. The average Bonchev–Trinajstić information content (AvgIpc) is 3.34. The summed E-state index contributed by atoms with van der Waals surface area (Å²) in [5, 5.41) is 15.4. The highest BCUT2D eigenvalue weighted by Gasteiger charge is 2.37. The number of rotatable bonds is 6. The van der Waals surface area contributed by atoms with E-state index in [1.807, 2.05) is 48.5 Å². The Kier molecular flexibility index (Phi) is 7.31. The SMILES string of the molecule is COc1cc2c(cc1OCc1cccc(CC(=O)N3C[C@@H](C)c4c3cc(O)c3ccccc43)c1)NC(=O)[C@@H]1CCCCN1C2=O. The van der Waals surface area contributed by atoms with Crippen LogP contribution in [0.1, 0.15) is 59.2 Å². The molecule has 3 aliphatic rings. The first-order chi connectivity index (χ1) is 21.8. The van der Waals surface area contributed by atoms with Crippen molar-refractivity contribution < 1.29 is 29.0 Å². The molecule has 2 atom stereocenters. The van der Waals surface area contributed by atoms with Gasteiger partial charge in [0.15, 0.2) is 11.5 Å². The molecule has 0 aliphatic carbocycles. The number of nitrogens with zero attached hydrogens (tertiary/aromatic N) is 2. The minimum atomic E-state index is -0.471. The Morgan fingerprint density at radius 1 is 0.978 bits per heavy atom. The quantitative estimate of drug-likeness (QED) is 0.289. The van der Waals surface area contributed by atoms with Gasteiger partial charge >= 0.3 is 0 Å². The lowest BCUT2D eigenvalue weighted by Crippen LogP contribution is -2.47. The predicted molar refractivity (Wildman–Crippen MR) is 171 cm³/mol. The molecule has 9 heteroatoms. The van der Waals surface area contributed by atoms with E-state index < -0.39 is 6.04 Å². The van der Waals surface area contributed by atoms with Crippen LogP contribution in [-0.2, 0) is 22.6 Å². The second-order valence-corrected chi connectivity index (χ2v) is 12.1. The number of phenolic OH excluding ortho intramolecular Hbond substituents is 1. The number of carbonyl (C=O) groups is 3. The third-order valence-corrected chi connectivity index (χ3v) is 9.18. The Morgan fingerprint density at radius 3 is 2.60 bits per heavy atom. The number of aromatic hydroxyl groups is 1. The average molecular weight is 606 g/mol. The number of fused-ring (bicyclic) bond motifs is 5. The van der Waals surface area contributed by atoms with Gasteiger partial charge < -0.3 is 29.7 Å². The van der Waals surface area contributed by atoms with Crippen LogP contribution in [0.25, 0.3) is 10.8 Å². The number of hydrogen-bond acceptors (Lipinski definition) is 6. The molecule has 9 nitrogen and oxygen atoms in total. The number of anilines is 2. The van der Waals surface area contributed by atoms with Gasteiger partial charge in [-0.25, -0.2) is 0 Å². The molecule has 2 N–H and O–H groups in total. The molecule has 230 valence electrons. The van der Waals surface area contributed by atoms with Crippen LogP contribution in [0.4, 0.5) is 11.4 Å². The second-order valence-electron chi connectivity index (χ2n) is 12.1. The third-order valence-electron chi connectivity index (χ3n) is 9.18. The van der Waals surface area contributed by atoms with Gasteiger partial charge in [0, 0.05) is 36.5 Å². The van der Waals surface area contributed by atoms with E-state index in [0.717, 1.165) is 46.0 Å². The first-order valence-electron chi connectivity index (χ1n) is 15.4. The molecule has 3 amide bonds. The second kappa shape index (κ2) is 11.5. The summed E-state index contributed by atoms with van der Waals surface area (Å²) in [5.41, 5.74) is 4.34. The van der Waals surface area contributed by atoms with Gasteiger partial charge in [-0.1, -0.05) is 55.5 Å². The number of carbonyl (C=O) groups excluding carboxylic acids is 3. The lowest BCUT2D eigenvalue weighted by Gasteiger charge is -2.32. The summed E-state index contributed by atoms with van der Waals surface area (Å²) >= 11 is 0. The molecule has 0 unspecified atom stereocenters. The number of piperidine rings is 1. The van der Waals surface area contributed by atoms with Gasteiger partial charge in [-0.05, 0) is 47.4 Å². The zero-order chi connectivity index (χ0) is 31.2. The van der Waals surface area contributed by atoms with Gasteiger partial charge in [0.05, 0.1) is 30.5 Å². The topological polar surface area (TPSA) is 108 Å². The lowest BCUT2D eigenvalue weighted by molar-refractivity contribution is -0.121. The zero-order valence-electron chi connectivity index (χ0n) is 25.3. The maximum atomic E-state index is 13.6. The summed E-state index contributed by atoms with van der Waals surface area (Å²) in [6.07, 6.45) is 2.62. The molecule has 0 aromatic heterocycles. The van der Waals surface area contributed by atoms with Crippen LogP contribution in [0.3, 0.4) is 0 Å². The molecule has 3 heterocycles. The molecule has 1 fully saturated rings. The molecule has 0 bridgehead atoms. The number of hydrogen-bond donors (Lipinski definition) is 2. The Morgan fingerprint density at radius 2 is 1.78 bits per heavy atom. The lowest BCUT2D eigenvalue weighted by atomic mass is 9.95. The maximum absolute atomic E-state index is 13.6. The van der Waals surface area contributed by atoms with Crippen molar-refractivity contribution in [3.63, 3.8) is 0 Å². The van der Waals surface area contributed by atoms with Crippen molar-refractivity contribution in [3.05, 3.63) is 89.0 Å². The number of nitrogens with one attached hydrogen (secondary N) is 1. The van der Waals surface area contributed by atoms with Gasteiger partial charge in [0.2, 0.25) is 11.8 Å². The number of benzene rings is 4. The first-order valence-corrected chi connectivity index (χ1v) is 15.4. The minimum absolute atomic E-state index is 0.0440. The van der Waals surface area contributed by atoms with E-state index in [-0.39, 0.29) is 42.4 Å². The highest BCUT2D eigenvalue weighted by Crippen LogP contribution is 2.45. The number of phenols is 1. The van der Waals surface area contributed by atoms with E-state index in [4.69, 9.17) is 9.47 Å². The molecular weight excluding hydrogens is 570 g/mol. The Hall–Kier alpha value is -5.05. The van der Waals surface area contributed by atoms with Crippen LogP contribution >= 0.6 is 0 Å². The molecule has 0 saturated carbocycles. The molecule has 3 aliphatic heterocycles. The highest BCUT2D eigenvalue weighted by molar-refractivity contribution is 6.10. The van der Waals surface area contributed by atoms with Gasteiger partial charge in [-0.15, -0.1) is 0 Å². The van der Waals surface area contributed by atoms with Crippen LogP contribution in [0, 0.1) is 0 Å². The normalized spacial score (nSPS) is 19.0. The fourth-order valence-corrected chi connectivity index (χ4v) is 7.00. The molecule has 1 saturated heterocycles. The maximum Gasteiger partial charge on any atom is 0.256 e. The molecule has 45 heavy (non-hydrogen) atoms. The van der Waals surface area contributed by atoms with Crippen LogP contribution in [0.2, 0.25) is 0 Å². The summed E-state index contributed by atoms with van der Waals surface area (Å²) in [4.78, 5) is 43.3. The zero-order valence-corrected chi connectivity index (χ0v) is 25.3. The van der Waals surface area contributed by atoms with Crippen LogP contribution < -0.4 is 19.7 Å². The van der Waals surface area contributed by atoms with E-state index in [1.165, 1.54) is 7.11 Å². The Labute approximate surface area is 261 Å². The van der Waals surface area contributed by atoms with E-state index in [1.54, 1.807) is 28.0 Å². The molecule has 4 aromatic rings. The number of ether oxygens (including phenoxy) is 2. The van der Waals surface area contributed by atoms with Crippen LogP contribution in [0.15, 0.2) is 66.7 Å². The van der Waals surface area contributed by atoms with Gasteiger partial charge in [0.25, 0.3) is 5.91 Å². The van der Waals surface area contributed by atoms with Crippen molar-refractivity contribution >= 4 is 39.9 Å². The molecule has 7 rings (SSSR count). The van der Waals surface area contributed by atoms with Gasteiger partial charge in [0.1, 0.15) is 18.4 Å². The summed E-state index contributed by atoms with van der Waals surface area (Å²) in [5.74, 6) is 0.700. The van der Waals surface area contributed by atoms with Crippen molar-refractivity contribution in [3.8, 4) is 17.2 Å². The third kappa shape index (κ3) is 5.12. The molecule has 0 spiro atoms. The molecule has 0 radical (unpaired) electrons. The van der Waals surface area contributed by atoms with Gasteiger partial charge in [-0.3, -0.25) is 14.4 Å². The molecular formula is C36H35N3O6. The summed E-state index contributed by atoms with van der Waals surface area (Å²) < 4.78 is 11.7. The van der Waals surface area contributed by atoms with Crippen LogP contribution in [0.5, 0.6) is 17.2 Å². The van der Waals surface area contributed by atoms with Gasteiger partial charge in [-0.2, -0.15) is 0 Å². The predicted octanol–water partition coefficient (Wildman–Crippen LogP) is 5.77. The Bertz CT molecular complexity index is 1850. The smallest absolute Gasteiger partial charge is 0.256 e. The van der Waals surface area contributed by atoms with Crippen molar-refractivity contribution in [2.45, 2.75) is 51.2 Å². The van der Waals surface area contributed by atoms with Crippen molar-refractivity contribution in [1.29, 1.82) is 0 Å². The summed E-state index contributed by atoms with van der Waals surface area (Å²) in [6.45, 7) is 3.41. The Balaban J connectivity index is 1.08. The van der Waals surface area contributed by atoms with Crippen molar-refractivity contribution in [2.75, 3.05) is 30.4 Å². The summed E-state index contributed by atoms with van der Waals surface area (Å²) in [7, 11) is 1.52. The van der Waals surface area contributed by atoms with Crippen molar-refractivity contribution in [2.24, 2.45) is 0 Å². The first kappa shape index (κ1) is 28.7. The largest absolute Gasteiger partial charge is 0.507 e. The number of methoxy groups -OCH3 is 1. The monoisotopic (exact) mass is 605 g/mol. The van der Waals surface area contributed by atoms with Crippen LogP contribution in [-0.4, -0.2) is 54.0 Å². The standard InChI is InChI=1S/C36H35N3O6/c1-21-19-39(29-18-30(40)24-10-3-4-11-25(24)34(21)29)33(41)15-22-8-7-9-23(14-22)20-45-32-17-27-26(16-31(32)44-2)36(43)38-13-6-5-12-28(38)35(42)37-27/h3-4,7-11,14,16-18,21,28,40H,5-6,12-13,15,19-20H2,1-2H3,(H,37,42)/t21-,28+/m1/s1.